The van der Waals surface area contributed by atoms with Crippen molar-refractivity contribution >= 4 is 17.8 Å². The van der Waals surface area contributed by atoms with Gasteiger partial charge in [0.15, 0.2) is 0 Å². The largest absolute Gasteiger partial charge is 0.508 e. The van der Waals surface area contributed by atoms with E-state index in [1.54, 1.807) is 12.1 Å². The predicted molar refractivity (Wildman–Crippen MR) is 88.2 cm³/mol. The quantitative estimate of drug-likeness (QED) is 0.502. The molecule has 0 aliphatic rings. The first-order valence-electron chi connectivity index (χ1n) is 7.31. The van der Waals surface area contributed by atoms with Crippen molar-refractivity contribution in [2.24, 2.45) is 0 Å². The van der Waals surface area contributed by atoms with Gasteiger partial charge in [-0.05, 0) is 37.6 Å². The zero-order chi connectivity index (χ0) is 18.3. The number of carbonyl (C=O) groups excluding carboxylic acids is 3. The second-order valence-electron chi connectivity index (χ2n) is 5.74. The second-order valence-corrected chi connectivity index (χ2v) is 5.74. The van der Waals surface area contributed by atoms with Crippen LogP contribution in [0, 0.1) is 0 Å². The second kappa shape index (κ2) is 8.14. The molecule has 3 N–H and O–H groups in total. The number of hydrogen-bond acceptors (Lipinski definition) is 5. The Bertz CT molecular complexity index is 622. The van der Waals surface area contributed by atoms with E-state index in [0.29, 0.717) is 0 Å². The van der Waals surface area contributed by atoms with Crippen molar-refractivity contribution in [1.82, 2.24) is 10.6 Å². The number of rotatable bonds is 7. The van der Waals surface area contributed by atoms with Crippen LogP contribution in [0.15, 0.2) is 36.9 Å². The van der Waals surface area contributed by atoms with Gasteiger partial charge in [0.05, 0.1) is 7.11 Å². The van der Waals surface area contributed by atoms with Crippen molar-refractivity contribution in [3.8, 4) is 5.75 Å². The van der Waals surface area contributed by atoms with Gasteiger partial charge in [0, 0.05) is 6.42 Å². The minimum absolute atomic E-state index is 0.102. The van der Waals surface area contributed by atoms with E-state index in [-0.39, 0.29) is 12.2 Å². The zero-order valence-corrected chi connectivity index (χ0v) is 14.0. The monoisotopic (exact) mass is 334 g/mol. The lowest BCUT2D eigenvalue weighted by Gasteiger charge is -2.27. The summed E-state index contributed by atoms with van der Waals surface area (Å²) in [6.45, 7) is 6.36. The summed E-state index contributed by atoms with van der Waals surface area (Å²) in [5.41, 5.74) is -0.497. The molecule has 7 heteroatoms. The summed E-state index contributed by atoms with van der Waals surface area (Å²) >= 11 is 0. The molecule has 0 fully saturated rings. The number of benzene rings is 1. The van der Waals surface area contributed by atoms with Crippen molar-refractivity contribution in [2.45, 2.75) is 31.8 Å². The number of ether oxygens (including phenoxy) is 1. The van der Waals surface area contributed by atoms with Crippen LogP contribution in [0.5, 0.6) is 5.75 Å². The Morgan fingerprint density at radius 2 is 1.88 bits per heavy atom. The van der Waals surface area contributed by atoms with Crippen molar-refractivity contribution in [2.75, 3.05) is 7.11 Å². The Hall–Kier alpha value is -2.83. The zero-order valence-electron chi connectivity index (χ0n) is 14.0. The lowest BCUT2D eigenvalue weighted by molar-refractivity contribution is -0.145. The maximum atomic E-state index is 12.4. The third-order valence-electron chi connectivity index (χ3n) is 3.36. The molecule has 0 saturated carbocycles. The number of hydrogen-bond donors (Lipinski definition) is 3. The van der Waals surface area contributed by atoms with Crippen molar-refractivity contribution in [3.05, 3.63) is 42.5 Å². The van der Waals surface area contributed by atoms with Crippen LogP contribution in [0.1, 0.15) is 19.4 Å². The maximum Gasteiger partial charge on any atom is 0.328 e. The van der Waals surface area contributed by atoms with E-state index < -0.39 is 29.4 Å². The van der Waals surface area contributed by atoms with Crippen LogP contribution in [0.3, 0.4) is 0 Å². The van der Waals surface area contributed by atoms with Gasteiger partial charge in [-0.15, -0.1) is 0 Å². The molecule has 1 unspecified atom stereocenters. The summed E-state index contributed by atoms with van der Waals surface area (Å²) in [4.78, 5) is 35.7. The Morgan fingerprint density at radius 3 is 2.38 bits per heavy atom. The fourth-order valence-corrected chi connectivity index (χ4v) is 1.96. The SMILES string of the molecule is C=CC(=O)NC(C)(C)C(=O)NC(Cc1ccc(O)cc1)C(=O)OC. The van der Waals surface area contributed by atoms with Crippen LogP contribution in [-0.4, -0.2) is 41.6 Å². The third kappa shape index (κ3) is 5.42. The molecule has 0 saturated heterocycles. The van der Waals surface area contributed by atoms with E-state index in [4.69, 9.17) is 4.74 Å². The molecule has 0 heterocycles. The van der Waals surface area contributed by atoms with Gasteiger partial charge in [-0.3, -0.25) is 9.59 Å². The Kier molecular flexibility index (Phi) is 6.52. The molecule has 1 atom stereocenters. The van der Waals surface area contributed by atoms with Crippen LogP contribution in [0.4, 0.5) is 0 Å². The Labute approximate surface area is 140 Å². The lowest BCUT2D eigenvalue weighted by atomic mass is 10.0. The topological polar surface area (TPSA) is 105 Å². The average molecular weight is 334 g/mol. The van der Waals surface area contributed by atoms with Gasteiger partial charge in [-0.25, -0.2) is 4.79 Å². The minimum atomic E-state index is -1.23. The van der Waals surface area contributed by atoms with Crippen LogP contribution >= 0.6 is 0 Å². The third-order valence-corrected chi connectivity index (χ3v) is 3.36. The fourth-order valence-electron chi connectivity index (χ4n) is 1.96. The number of nitrogens with one attached hydrogen (secondary N) is 2. The number of phenols is 1. The summed E-state index contributed by atoms with van der Waals surface area (Å²) < 4.78 is 4.72. The van der Waals surface area contributed by atoms with Crippen LogP contribution < -0.4 is 10.6 Å². The number of phenolic OH excluding ortho intramolecular Hbond substituents is 1. The molecule has 0 bridgehead atoms. The van der Waals surface area contributed by atoms with E-state index in [1.165, 1.54) is 33.1 Å². The average Bonchev–Trinajstić information content (AvgIpc) is 2.54. The fraction of sp³-hybridized carbons (Fsp3) is 0.353. The number of methoxy groups -OCH3 is 1. The molecule has 130 valence electrons. The van der Waals surface area contributed by atoms with E-state index in [9.17, 15) is 19.5 Å². The highest BCUT2D eigenvalue weighted by atomic mass is 16.5. The molecule has 7 nitrogen and oxygen atoms in total. The van der Waals surface area contributed by atoms with Crippen LogP contribution in [0.25, 0.3) is 0 Å². The normalized spacial score (nSPS) is 12.0. The lowest BCUT2D eigenvalue weighted by Crippen LogP contribution is -2.58. The first-order chi connectivity index (χ1) is 11.2. The maximum absolute atomic E-state index is 12.4. The summed E-state index contributed by atoms with van der Waals surface area (Å²) in [5, 5.41) is 14.4. The molecule has 1 aromatic carbocycles. The molecule has 1 rings (SSSR count). The standard InChI is InChI=1S/C17H22N2O5/c1-5-14(21)19-17(2,3)16(23)18-13(15(22)24-4)10-11-6-8-12(20)9-7-11/h5-9,13,20H,1,10H2,2-4H3,(H,18,23)(H,19,21). The van der Waals surface area contributed by atoms with E-state index in [2.05, 4.69) is 17.2 Å². The predicted octanol–water partition coefficient (Wildman–Crippen LogP) is 0.673. The molecule has 2 amide bonds. The van der Waals surface area contributed by atoms with Gasteiger partial charge in [0.25, 0.3) is 0 Å². The summed E-state index contributed by atoms with van der Waals surface area (Å²) in [7, 11) is 1.23. The van der Waals surface area contributed by atoms with Gasteiger partial charge < -0.3 is 20.5 Å². The highest BCUT2D eigenvalue weighted by Crippen LogP contribution is 2.12. The molecule has 1 aromatic rings. The Balaban J connectivity index is 2.87. The van der Waals surface area contributed by atoms with Gasteiger partial charge >= 0.3 is 5.97 Å². The molecule has 0 aliphatic heterocycles. The number of carbonyl (C=O) groups is 3. The minimum Gasteiger partial charge on any atom is -0.508 e. The summed E-state index contributed by atoms with van der Waals surface area (Å²) in [6, 6.07) is 5.33. The molecule has 0 aromatic heterocycles. The summed E-state index contributed by atoms with van der Waals surface area (Å²) in [6.07, 6.45) is 1.24. The summed E-state index contributed by atoms with van der Waals surface area (Å²) in [5.74, 6) is -1.54. The molecule has 0 radical (unpaired) electrons. The number of amides is 2. The number of aromatic hydroxyl groups is 1. The highest BCUT2D eigenvalue weighted by molar-refractivity contribution is 5.96. The van der Waals surface area contributed by atoms with Gasteiger partial charge in [0.1, 0.15) is 17.3 Å². The van der Waals surface area contributed by atoms with E-state index in [0.717, 1.165) is 11.6 Å². The van der Waals surface area contributed by atoms with E-state index in [1.807, 2.05) is 0 Å². The molecular weight excluding hydrogens is 312 g/mol. The van der Waals surface area contributed by atoms with Gasteiger partial charge in [-0.2, -0.15) is 0 Å². The number of esters is 1. The van der Waals surface area contributed by atoms with Crippen LogP contribution in [-0.2, 0) is 25.5 Å². The smallest absolute Gasteiger partial charge is 0.328 e. The van der Waals surface area contributed by atoms with Gasteiger partial charge in [-0.1, -0.05) is 18.7 Å². The van der Waals surface area contributed by atoms with Crippen molar-refractivity contribution in [1.29, 1.82) is 0 Å². The van der Waals surface area contributed by atoms with Gasteiger partial charge in [0.2, 0.25) is 11.8 Å². The molecule has 0 aliphatic carbocycles. The van der Waals surface area contributed by atoms with Crippen LogP contribution in [0.2, 0.25) is 0 Å². The molecule has 0 spiro atoms. The van der Waals surface area contributed by atoms with Crippen molar-refractivity contribution in [3.63, 3.8) is 0 Å². The highest BCUT2D eigenvalue weighted by Gasteiger charge is 2.32. The van der Waals surface area contributed by atoms with E-state index >= 15 is 0 Å². The first-order valence-corrected chi connectivity index (χ1v) is 7.31. The molecule has 24 heavy (non-hydrogen) atoms. The first kappa shape index (κ1) is 19.2. The Morgan fingerprint density at radius 1 is 1.29 bits per heavy atom. The molecular formula is C17H22N2O5. The van der Waals surface area contributed by atoms with Crippen molar-refractivity contribution < 1.29 is 24.2 Å².